The Labute approximate surface area is 90.1 Å². The minimum absolute atomic E-state index is 0. The first kappa shape index (κ1) is 29.3. The summed E-state index contributed by atoms with van der Waals surface area (Å²) in [5.74, 6) is 0. The molecule has 0 aliphatic carbocycles. The van der Waals surface area contributed by atoms with Gasteiger partial charge in [-0.05, 0) is 0 Å². The summed E-state index contributed by atoms with van der Waals surface area (Å²) in [6, 6.07) is 0. The van der Waals surface area contributed by atoms with Gasteiger partial charge in [0.05, 0.1) is 0 Å². The Bertz CT molecular complexity index is 90.2. The Morgan fingerprint density at radius 2 is 0.533 bits per heavy atom. The molecule has 2 nitrogen and oxygen atoms in total. The quantitative estimate of drug-likeness (QED) is 0.502. The molecule has 13 heteroatoms. The number of carbonyl (C=O) groups excluding carboxylic acids is 2. The third kappa shape index (κ3) is 5390. The van der Waals surface area contributed by atoms with Crippen molar-refractivity contribution in [1.29, 1.82) is 0 Å². The van der Waals surface area contributed by atoms with E-state index in [1.807, 2.05) is 0 Å². The van der Waals surface area contributed by atoms with Crippen LogP contribution in [-0.4, -0.2) is 28.1 Å². The Hall–Kier alpha value is -0.571. The zero-order valence-electron chi connectivity index (χ0n) is 6.35. The first-order chi connectivity index (χ1) is 6.00. The van der Waals surface area contributed by atoms with E-state index in [9.17, 15) is 34.5 Å². The van der Waals surface area contributed by atoms with Gasteiger partial charge >= 0.3 is 31.6 Å². The van der Waals surface area contributed by atoms with Gasteiger partial charge in [-0.1, -0.05) is 0 Å². The van der Waals surface area contributed by atoms with E-state index in [1.165, 1.54) is 0 Å². The molecule has 0 amide bonds. The average molecular weight is 285 g/mol. The van der Waals surface area contributed by atoms with Crippen LogP contribution in [0.15, 0.2) is 0 Å². The van der Waals surface area contributed by atoms with E-state index in [2.05, 4.69) is 13.6 Å². The standard InChI is InChI=1S/2CO.2BF4.Fe/c2*1-2;2*2-1(3,4)5;/q;;2*-1;+2. The van der Waals surface area contributed by atoms with Crippen LogP contribution >= 0.6 is 0 Å². The number of rotatable bonds is 0. The second-order valence-electron chi connectivity index (χ2n) is 0.990. The molecule has 0 aliphatic rings. The van der Waals surface area contributed by atoms with E-state index in [0.717, 1.165) is 0 Å². The topological polar surface area (TPSA) is 34.1 Å². The molecule has 0 aromatic heterocycles. The predicted octanol–water partition coefficient (Wildman–Crippen LogP) is 1.80. The molecule has 4 radical (unpaired) electrons. The van der Waals surface area contributed by atoms with Gasteiger partial charge in [-0.2, -0.15) is 0 Å². The van der Waals surface area contributed by atoms with Crippen LogP contribution in [0.3, 0.4) is 0 Å². The Morgan fingerprint density at radius 1 is 0.533 bits per heavy atom. The van der Waals surface area contributed by atoms with Crippen LogP contribution in [0.2, 0.25) is 0 Å². The minimum atomic E-state index is -6.00. The molecule has 0 N–H and O–H groups in total. The fourth-order valence-corrected chi connectivity index (χ4v) is 0. The maximum atomic E-state index is 9.75. The Balaban J connectivity index is -0.0000000318. The number of halogens is 8. The molecule has 0 heterocycles. The van der Waals surface area contributed by atoms with E-state index < -0.39 is 14.5 Å². The molecule has 0 bridgehead atoms. The second-order valence-corrected chi connectivity index (χ2v) is 0.990. The molecule has 15 heavy (non-hydrogen) atoms. The molecule has 0 aromatic carbocycles. The first-order valence-corrected chi connectivity index (χ1v) is 2.15. The molecule has 0 spiro atoms. The van der Waals surface area contributed by atoms with Gasteiger partial charge in [0.25, 0.3) is 13.6 Å². The monoisotopic (exact) mass is 286 g/mol. The van der Waals surface area contributed by atoms with E-state index in [4.69, 9.17) is 9.59 Å². The smallest absolute Gasteiger partial charge is 0.418 e. The van der Waals surface area contributed by atoms with Crippen LogP contribution in [0.4, 0.5) is 34.5 Å². The maximum absolute atomic E-state index is 9.75. The second kappa shape index (κ2) is 15.9. The van der Waals surface area contributed by atoms with Crippen molar-refractivity contribution in [3.05, 3.63) is 0 Å². The van der Waals surface area contributed by atoms with Gasteiger partial charge in [0.15, 0.2) is 0 Å². The SMILES string of the molecule is F[B-](F)(F)F.F[B-](F)(F)F.[C]=O.[C]=O.[Fe+2]. The van der Waals surface area contributed by atoms with Crippen molar-refractivity contribution >= 4 is 28.1 Å². The summed E-state index contributed by atoms with van der Waals surface area (Å²) in [6.07, 6.45) is 0. The molecule has 0 aliphatic heterocycles. The van der Waals surface area contributed by atoms with E-state index >= 15 is 0 Å². The van der Waals surface area contributed by atoms with Gasteiger partial charge in [-0.25, -0.2) is 0 Å². The molecule has 0 saturated heterocycles. The summed E-state index contributed by atoms with van der Waals surface area (Å²) in [6.45, 7) is 9.00. The van der Waals surface area contributed by atoms with Gasteiger partial charge in [0.2, 0.25) is 0 Å². The van der Waals surface area contributed by atoms with Crippen LogP contribution in [0.1, 0.15) is 0 Å². The molecule has 0 aromatic rings. The van der Waals surface area contributed by atoms with Crippen molar-refractivity contribution in [3.63, 3.8) is 0 Å². The summed E-state index contributed by atoms with van der Waals surface area (Å²) in [7, 11) is -12.0. The number of hydrogen-bond acceptors (Lipinski definition) is 2. The average Bonchev–Trinajstić information content (AvgIpc) is 1.88. The molecule has 0 rings (SSSR count). The van der Waals surface area contributed by atoms with Crippen LogP contribution in [0.5, 0.6) is 0 Å². The summed E-state index contributed by atoms with van der Waals surface area (Å²) in [4.78, 5) is 15.0. The third-order valence-electron chi connectivity index (χ3n) is 0. The number of hydrogen-bond donors (Lipinski definition) is 0. The van der Waals surface area contributed by atoms with Crippen molar-refractivity contribution < 1.29 is 61.2 Å². The van der Waals surface area contributed by atoms with E-state index in [0.29, 0.717) is 0 Å². The van der Waals surface area contributed by atoms with Crippen LogP contribution < -0.4 is 0 Å². The van der Waals surface area contributed by atoms with Gasteiger partial charge in [-0.3, -0.25) is 9.59 Å². The molecule has 0 saturated carbocycles. The molecule has 0 unspecified atom stereocenters. The van der Waals surface area contributed by atoms with Gasteiger partial charge in [0, 0.05) is 0 Å². The minimum Gasteiger partial charge on any atom is -0.418 e. The fraction of sp³-hybridized carbons (Fsp3) is 0. The largest absolute Gasteiger partial charge is 2.00 e. The summed E-state index contributed by atoms with van der Waals surface area (Å²) in [5, 5.41) is 0. The van der Waals surface area contributed by atoms with Gasteiger partial charge in [-0.15, -0.1) is 0 Å². The van der Waals surface area contributed by atoms with Gasteiger partial charge in [0.1, 0.15) is 0 Å². The predicted molar refractivity (Wildman–Crippen MR) is 31.8 cm³/mol. The maximum Gasteiger partial charge on any atom is 2.00 e. The summed E-state index contributed by atoms with van der Waals surface area (Å²) < 4.78 is 78.0. The van der Waals surface area contributed by atoms with Crippen LogP contribution in [-0.2, 0) is 26.7 Å². The fourth-order valence-electron chi connectivity index (χ4n) is 0. The molecule has 0 fully saturated rings. The zero-order chi connectivity index (χ0) is 13.0. The summed E-state index contributed by atoms with van der Waals surface area (Å²) in [5.41, 5.74) is 0. The Kier molecular flexibility index (Phi) is 31.0. The molecule has 0 atom stereocenters. The van der Waals surface area contributed by atoms with Crippen molar-refractivity contribution in [2.24, 2.45) is 0 Å². The first-order valence-electron chi connectivity index (χ1n) is 2.15. The van der Waals surface area contributed by atoms with Crippen molar-refractivity contribution in [2.45, 2.75) is 0 Å². The summed E-state index contributed by atoms with van der Waals surface area (Å²) >= 11 is 0. The Morgan fingerprint density at radius 3 is 0.533 bits per heavy atom. The van der Waals surface area contributed by atoms with Crippen molar-refractivity contribution in [1.82, 2.24) is 0 Å². The molecular formula is C2B2F8FeO2. The van der Waals surface area contributed by atoms with Crippen molar-refractivity contribution in [2.75, 3.05) is 0 Å². The third-order valence-corrected chi connectivity index (χ3v) is 0. The van der Waals surface area contributed by atoms with E-state index in [-0.39, 0.29) is 17.1 Å². The van der Waals surface area contributed by atoms with Crippen LogP contribution in [0, 0.1) is 0 Å². The van der Waals surface area contributed by atoms with Crippen molar-refractivity contribution in [3.8, 4) is 0 Å². The van der Waals surface area contributed by atoms with Gasteiger partial charge < -0.3 is 34.5 Å². The molecule has 90 valence electrons. The van der Waals surface area contributed by atoms with E-state index in [1.54, 1.807) is 0 Å². The molecular weight excluding hydrogens is 285 g/mol. The zero-order valence-corrected chi connectivity index (χ0v) is 7.45. The normalized spacial score (nSPS) is 8.53. The van der Waals surface area contributed by atoms with Crippen LogP contribution in [0.25, 0.3) is 0 Å².